The van der Waals surface area contributed by atoms with Crippen molar-refractivity contribution in [2.24, 2.45) is 0 Å². The quantitative estimate of drug-likeness (QED) is 0.495. The Kier molecular flexibility index (Phi) is 6.09. The van der Waals surface area contributed by atoms with Crippen molar-refractivity contribution in [3.8, 4) is 16.9 Å². The van der Waals surface area contributed by atoms with Crippen molar-refractivity contribution in [1.29, 1.82) is 0 Å². The number of methoxy groups -OCH3 is 1. The molecule has 4 heteroatoms. The normalized spacial score (nSPS) is 10.9. The highest BCUT2D eigenvalue weighted by Gasteiger charge is 2.15. The van der Waals surface area contributed by atoms with E-state index in [4.69, 9.17) is 4.74 Å². The molecule has 3 nitrogen and oxygen atoms in total. The average Bonchev–Trinajstić information content (AvgIpc) is 2.67. The van der Waals surface area contributed by atoms with Gasteiger partial charge in [-0.25, -0.2) is 0 Å². The van der Waals surface area contributed by atoms with Crippen molar-refractivity contribution in [1.82, 2.24) is 4.90 Å². The Morgan fingerprint density at radius 3 is 2.15 bits per heavy atom. The van der Waals surface area contributed by atoms with E-state index in [-0.39, 0.29) is 5.78 Å². The summed E-state index contributed by atoms with van der Waals surface area (Å²) in [5.41, 5.74) is 4.58. The molecule has 0 saturated heterocycles. The summed E-state index contributed by atoms with van der Waals surface area (Å²) in [4.78, 5) is 15.0. The molecule has 0 heterocycles. The van der Waals surface area contributed by atoms with Crippen LogP contribution in [0.5, 0.6) is 5.75 Å². The lowest BCUT2D eigenvalue weighted by Gasteiger charge is -2.12. The van der Waals surface area contributed by atoms with Gasteiger partial charge in [0.2, 0.25) is 0 Å². The molecule has 0 radical (unpaired) electrons. The zero-order valence-corrected chi connectivity index (χ0v) is 17.3. The topological polar surface area (TPSA) is 29.5 Å². The molecular weight excluding hydrogens is 402 g/mol. The summed E-state index contributed by atoms with van der Waals surface area (Å²) < 4.78 is 6.46. The van der Waals surface area contributed by atoms with Gasteiger partial charge in [-0.05, 0) is 67.2 Å². The van der Waals surface area contributed by atoms with Crippen molar-refractivity contribution in [3.05, 3.63) is 87.9 Å². The molecule has 0 spiro atoms. The highest BCUT2D eigenvalue weighted by Crippen LogP contribution is 2.29. The van der Waals surface area contributed by atoms with Crippen LogP contribution in [0.1, 0.15) is 21.5 Å². The molecule has 3 rings (SSSR count). The molecule has 3 aromatic carbocycles. The molecular formula is C23H22BrNO2. The standard InChI is InChI=1S/C23H22BrNO2/c1-25(2)15-16-4-6-17(7-5-16)19-10-13-21(22(14-19)27-3)23(26)18-8-11-20(24)12-9-18/h4-14H,15H2,1-3H3. The Morgan fingerprint density at radius 2 is 1.56 bits per heavy atom. The van der Waals surface area contributed by atoms with E-state index in [1.54, 1.807) is 7.11 Å². The van der Waals surface area contributed by atoms with Crippen LogP contribution in [-0.2, 0) is 6.54 Å². The number of rotatable bonds is 6. The third-order valence-electron chi connectivity index (χ3n) is 4.34. The highest BCUT2D eigenvalue weighted by atomic mass is 79.9. The van der Waals surface area contributed by atoms with Crippen LogP contribution in [-0.4, -0.2) is 31.9 Å². The van der Waals surface area contributed by atoms with Crippen LogP contribution in [0, 0.1) is 0 Å². The number of carbonyl (C=O) groups excluding carboxylic acids is 1. The lowest BCUT2D eigenvalue weighted by molar-refractivity contribution is 0.103. The van der Waals surface area contributed by atoms with Gasteiger partial charge in [0.05, 0.1) is 12.7 Å². The Balaban J connectivity index is 1.90. The minimum atomic E-state index is -0.0489. The first kappa shape index (κ1) is 19.3. The van der Waals surface area contributed by atoms with E-state index in [9.17, 15) is 4.79 Å². The Labute approximate surface area is 168 Å². The minimum Gasteiger partial charge on any atom is -0.496 e. The summed E-state index contributed by atoms with van der Waals surface area (Å²) in [6.07, 6.45) is 0. The molecule has 0 aromatic heterocycles. The second-order valence-corrected chi connectivity index (χ2v) is 7.60. The maximum atomic E-state index is 12.8. The van der Waals surface area contributed by atoms with Gasteiger partial charge in [-0.1, -0.05) is 46.3 Å². The van der Waals surface area contributed by atoms with E-state index in [2.05, 4.69) is 59.2 Å². The van der Waals surface area contributed by atoms with E-state index in [1.807, 2.05) is 42.5 Å². The van der Waals surface area contributed by atoms with E-state index < -0.39 is 0 Å². The number of ether oxygens (including phenoxy) is 1. The Morgan fingerprint density at radius 1 is 0.926 bits per heavy atom. The molecule has 0 amide bonds. The fourth-order valence-electron chi connectivity index (χ4n) is 2.98. The van der Waals surface area contributed by atoms with Gasteiger partial charge in [0.25, 0.3) is 0 Å². The zero-order chi connectivity index (χ0) is 19.4. The van der Waals surface area contributed by atoms with Gasteiger partial charge in [0, 0.05) is 16.6 Å². The van der Waals surface area contributed by atoms with E-state index >= 15 is 0 Å². The number of nitrogens with zero attached hydrogens (tertiary/aromatic N) is 1. The SMILES string of the molecule is COc1cc(-c2ccc(CN(C)C)cc2)ccc1C(=O)c1ccc(Br)cc1. The third kappa shape index (κ3) is 4.65. The number of carbonyl (C=O) groups is 1. The second kappa shape index (κ2) is 8.51. The van der Waals surface area contributed by atoms with Gasteiger partial charge in [0.15, 0.2) is 5.78 Å². The first-order chi connectivity index (χ1) is 13.0. The van der Waals surface area contributed by atoms with Crippen LogP contribution in [0.25, 0.3) is 11.1 Å². The summed E-state index contributed by atoms with van der Waals surface area (Å²) in [7, 11) is 5.71. The van der Waals surface area contributed by atoms with Gasteiger partial charge in [-0.2, -0.15) is 0 Å². The summed E-state index contributed by atoms with van der Waals surface area (Å²) in [5, 5.41) is 0. The smallest absolute Gasteiger partial charge is 0.196 e. The summed E-state index contributed by atoms with van der Waals surface area (Å²) in [5.74, 6) is 0.532. The maximum Gasteiger partial charge on any atom is 0.196 e. The average molecular weight is 424 g/mol. The first-order valence-electron chi connectivity index (χ1n) is 8.70. The van der Waals surface area contributed by atoms with Crippen LogP contribution >= 0.6 is 15.9 Å². The highest BCUT2D eigenvalue weighted by molar-refractivity contribution is 9.10. The number of ketones is 1. The lowest BCUT2D eigenvalue weighted by Crippen LogP contribution is -2.10. The maximum absolute atomic E-state index is 12.8. The molecule has 0 aliphatic heterocycles. The van der Waals surface area contributed by atoms with Crippen molar-refractivity contribution in [2.75, 3.05) is 21.2 Å². The molecule has 0 aliphatic carbocycles. The predicted molar refractivity (Wildman–Crippen MR) is 113 cm³/mol. The minimum absolute atomic E-state index is 0.0489. The monoisotopic (exact) mass is 423 g/mol. The lowest BCUT2D eigenvalue weighted by atomic mass is 9.97. The molecule has 3 aromatic rings. The van der Waals surface area contributed by atoms with Crippen molar-refractivity contribution in [2.45, 2.75) is 6.54 Å². The Bertz CT molecular complexity index is 932. The van der Waals surface area contributed by atoms with Gasteiger partial charge < -0.3 is 9.64 Å². The van der Waals surface area contributed by atoms with Crippen LogP contribution < -0.4 is 4.74 Å². The largest absolute Gasteiger partial charge is 0.496 e. The second-order valence-electron chi connectivity index (χ2n) is 6.69. The van der Waals surface area contributed by atoms with Gasteiger partial charge in [0.1, 0.15) is 5.75 Å². The fraction of sp³-hybridized carbons (Fsp3) is 0.174. The summed E-state index contributed by atoms with van der Waals surface area (Å²) in [6, 6.07) is 21.5. The van der Waals surface area contributed by atoms with Crippen molar-refractivity contribution >= 4 is 21.7 Å². The van der Waals surface area contributed by atoms with Crippen molar-refractivity contribution < 1.29 is 9.53 Å². The van der Waals surface area contributed by atoms with E-state index in [0.717, 1.165) is 22.1 Å². The molecule has 0 atom stereocenters. The van der Waals surface area contributed by atoms with Crippen LogP contribution in [0.4, 0.5) is 0 Å². The molecule has 27 heavy (non-hydrogen) atoms. The first-order valence-corrected chi connectivity index (χ1v) is 9.49. The fourth-order valence-corrected chi connectivity index (χ4v) is 3.25. The van der Waals surface area contributed by atoms with Crippen molar-refractivity contribution in [3.63, 3.8) is 0 Å². The number of halogens is 1. The zero-order valence-electron chi connectivity index (χ0n) is 15.7. The van der Waals surface area contributed by atoms with Gasteiger partial charge in [-0.3, -0.25) is 4.79 Å². The van der Waals surface area contributed by atoms with Crippen LogP contribution in [0.15, 0.2) is 71.2 Å². The third-order valence-corrected chi connectivity index (χ3v) is 4.87. The van der Waals surface area contributed by atoms with E-state index in [0.29, 0.717) is 16.9 Å². The summed E-state index contributed by atoms with van der Waals surface area (Å²) >= 11 is 3.39. The number of hydrogen-bond acceptors (Lipinski definition) is 3. The van der Waals surface area contributed by atoms with Crippen LogP contribution in [0.3, 0.4) is 0 Å². The molecule has 0 aliphatic rings. The van der Waals surface area contributed by atoms with E-state index in [1.165, 1.54) is 5.56 Å². The molecule has 0 unspecified atom stereocenters. The van der Waals surface area contributed by atoms with Gasteiger partial charge in [-0.15, -0.1) is 0 Å². The number of hydrogen-bond donors (Lipinski definition) is 0. The number of benzene rings is 3. The molecule has 0 bridgehead atoms. The Hall–Kier alpha value is -2.43. The molecule has 0 N–H and O–H groups in total. The molecule has 138 valence electrons. The predicted octanol–water partition coefficient (Wildman–Crippen LogP) is 5.42. The molecule has 0 saturated carbocycles. The summed E-state index contributed by atoms with van der Waals surface area (Å²) in [6.45, 7) is 0.907. The van der Waals surface area contributed by atoms with Gasteiger partial charge >= 0.3 is 0 Å². The molecule has 0 fully saturated rings. The van der Waals surface area contributed by atoms with Crippen LogP contribution in [0.2, 0.25) is 0 Å².